The maximum atomic E-state index is 12.1. The Bertz CT molecular complexity index is 649. The van der Waals surface area contributed by atoms with Gasteiger partial charge in [0.15, 0.2) is 17.3 Å². The largest absolute Gasteiger partial charge is 0.508 e. The fourth-order valence-corrected chi connectivity index (χ4v) is 1.86. The van der Waals surface area contributed by atoms with Gasteiger partial charge in [0.25, 0.3) is 0 Å². The molecule has 20 heavy (non-hydrogen) atoms. The van der Waals surface area contributed by atoms with Crippen LogP contribution in [0.25, 0.3) is 0 Å². The fourth-order valence-electron chi connectivity index (χ4n) is 1.86. The van der Waals surface area contributed by atoms with E-state index in [0.29, 0.717) is 5.56 Å². The Kier molecular flexibility index (Phi) is 3.79. The van der Waals surface area contributed by atoms with Gasteiger partial charge in [0.2, 0.25) is 5.75 Å². The van der Waals surface area contributed by atoms with Gasteiger partial charge in [-0.3, -0.25) is 4.79 Å². The summed E-state index contributed by atoms with van der Waals surface area (Å²) in [5.74, 6) is -0.958. The Morgan fingerprint density at radius 3 is 2.55 bits per heavy atom. The van der Waals surface area contributed by atoms with Crippen LogP contribution in [0.1, 0.15) is 15.9 Å². The van der Waals surface area contributed by atoms with Crippen LogP contribution in [0.3, 0.4) is 0 Å². The summed E-state index contributed by atoms with van der Waals surface area (Å²) in [5, 5.41) is 28.4. The molecule has 0 aliphatic rings. The highest BCUT2D eigenvalue weighted by Crippen LogP contribution is 2.36. The molecule has 2 aromatic rings. The molecule has 2 rings (SSSR count). The van der Waals surface area contributed by atoms with Crippen molar-refractivity contribution < 1.29 is 24.9 Å². The Morgan fingerprint density at radius 1 is 1.15 bits per heavy atom. The molecule has 2 aromatic carbocycles. The number of benzene rings is 2. The lowest BCUT2D eigenvalue weighted by Gasteiger charge is -2.08. The third kappa shape index (κ3) is 2.83. The topological polar surface area (TPSA) is 87.0 Å². The zero-order valence-electron chi connectivity index (χ0n) is 10.8. The molecule has 0 fully saturated rings. The highest BCUT2D eigenvalue weighted by atomic mass is 16.5. The summed E-state index contributed by atoms with van der Waals surface area (Å²) in [5.41, 5.74) is 0.877. The molecule has 0 radical (unpaired) electrons. The lowest BCUT2D eigenvalue weighted by atomic mass is 10.0. The monoisotopic (exact) mass is 274 g/mol. The van der Waals surface area contributed by atoms with Crippen LogP contribution in [0.4, 0.5) is 0 Å². The lowest BCUT2D eigenvalue weighted by Crippen LogP contribution is -2.04. The van der Waals surface area contributed by atoms with Crippen molar-refractivity contribution >= 4 is 5.78 Å². The Morgan fingerprint density at radius 2 is 1.90 bits per heavy atom. The molecule has 0 aliphatic carbocycles. The highest BCUT2D eigenvalue weighted by Gasteiger charge is 2.15. The van der Waals surface area contributed by atoms with E-state index in [1.165, 1.54) is 31.4 Å². The summed E-state index contributed by atoms with van der Waals surface area (Å²) in [6.45, 7) is 0. The van der Waals surface area contributed by atoms with Crippen LogP contribution in [0.5, 0.6) is 23.0 Å². The summed E-state index contributed by atoms with van der Waals surface area (Å²) in [6, 6.07) is 8.92. The molecular weight excluding hydrogens is 260 g/mol. The predicted octanol–water partition coefficient (Wildman–Crippen LogP) is 2.24. The van der Waals surface area contributed by atoms with E-state index < -0.39 is 11.5 Å². The van der Waals surface area contributed by atoms with Gasteiger partial charge < -0.3 is 20.1 Å². The van der Waals surface area contributed by atoms with Gasteiger partial charge in [0.05, 0.1) is 7.11 Å². The Labute approximate surface area is 115 Å². The number of phenols is 3. The van der Waals surface area contributed by atoms with Gasteiger partial charge in [-0.25, -0.2) is 0 Å². The molecule has 0 bridgehead atoms. The minimum Gasteiger partial charge on any atom is -0.508 e. The zero-order chi connectivity index (χ0) is 14.7. The van der Waals surface area contributed by atoms with Crippen molar-refractivity contribution in [2.45, 2.75) is 6.42 Å². The van der Waals surface area contributed by atoms with Crippen molar-refractivity contribution in [2.24, 2.45) is 0 Å². The molecule has 104 valence electrons. The van der Waals surface area contributed by atoms with E-state index in [9.17, 15) is 20.1 Å². The molecule has 0 saturated heterocycles. The third-order valence-corrected chi connectivity index (χ3v) is 2.87. The van der Waals surface area contributed by atoms with E-state index >= 15 is 0 Å². The Balaban J connectivity index is 2.28. The number of phenolic OH excluding ortho intramolecular Hbond substituents is 3. The number of hydrogen-bond acceptors (Lipinski definition) is 5. The molecule has 0 unspecified atom stereocenters. The SMILES string of the molecule is COc1cc(C(=O)Cc2cccc(O)c2)cc(O)c1O. The second kappa shape index (κ2) is 5.52. The second-order valence-corrected chi connectivity index (χ2v) is 4.32. The molecule has 0 aromatic heterocycles. The van der Waals surface area contributed by atoms with Gasteiger partial charge in [-0.15, -0.1) is 0 Å². The molecule has 0 atom stereocenters. The normalized spacial score (nSPS) is 10.2. The van der Waals surface area contributed by atoms with Crippen molar-refractivity contribution in [1.82, 2.24) is 0 Å². The van der Waals surface area contributed by atoms with Gasteiger partial charge in [-0.2, -0.15) is 0 Å². The maximum absolute atomic E-state index is 12.1. The summed E-state index contributed by atoms with van der Waals surface area (Å²) in [7, 11) is 1.33. The third-order valence-electron chi connectivity index (χ3n) is 2.87. The van der Waals surface area contributed by atoms with Crippen LogP contribution >= 0.6 is 0 Å². The summed E-state index contributed by atoms with van der Waals surface area (Å²) < 4.78 is 4.88. The van der Waals surface area contributed by atoms with Crippen LogP contribution in [0.15, 0.2) is 36.4 Å². The minimum absolute atomic E-state index is 0.0317. The predicted molar refractivity (Wildman–Crippen MR) is 72.5 cm³/mol. The number of hydrogen-bond donors (Lipinski definition) is 3. The first-order valence-corrected chi connectivity index (χ1v) is 5.92. The van der Waals surface area contributed by atoms with Gasteiger partial charge in [0.1, 0.15) is 5.75 Å². The summed E-state index contributed by atoms with van der Waals surface area (Å²) in [4.78, 5) is 12.1. The number of methoxy groups -OCH3 is 1. The number of rotatable bonds is 4. The molecule has 5 nitrogen and oxygen atoms in total. The first kappa shape index (κ1) is 13.7. The van der Waals surface area contributed by atoms with Crippen LogP contribution in [0.2, 0.25) is 0 Å². The van der Waals surface area contributed by atoms with Gasteiger partial charge in [0, 0.05) is 12.0 Å². The molecule has 0 saturated carbocycles. The second-order valence-electron chi connectivity index (χ2n) is 4.32. The molecule has 5 heteroatoms. The van der Waals surface area contributed by atoms with E-state index in [-0.39, 0.29) is 29.3 Å². The quantitative estimate of drug-likeness (QED) is 0.588. The van der Waals surface area contributed by atoms with Crippen LogP contribution in [-0.4, -0.2) is 28.2 Å². The fraction of sp³-hybridized carbons (Fsp3) is 0.133. The maximum Gasteiger partial charge on any atom is 0.200 e. The number of ether oxygens (including phenoxy) is 1. The molecule has 0 spiro atoms. The van der Waals surface area contributed by atoms with E-state index in [2.05, 4.69) is 0 Å². The molecular formula is C15H14O5. The summed E-state index contributed by atoms with van der Waals surface area (Å²) >= 11 is 0. The van der Waals surface area contributed by atoms with Crippen molar-refractivity contribution in [3.05, 3.63) is 47.5 Å². The number of carbonyl (C=O) groups excluding carboxylic acids is 1. The zero-order valence-corrected chi connectivity index (χ0v) is 10.8. The first-order valence-electron chi connectivity index (χ1n) is 5.92. The lowest BCUT2D eigenvalue weighted by molar-refractivity contribution is 0.0992. The van der Waals surface area contributed by atoms with Crippen molar-refractivity contribution in [3.8, 4) is 23.0 Å². The van der Waals surface area contributed by atoms with Crippen LogP contribution in [0, 0.1) is 0 Å². The average Bonchev–Trinajstić information content (AvgIpc) is 2.41. The van der Waals surface area contributed by atoms with E-state index in [0.717, 1.165) is 0 Å². The molecule has 0 amide bonds. The molecule has 3 N–H and O–H groups in total. The number of carbonyl (C=O) groups is 1. The van der Waals surface area contributed by atoms with E-state index in [4.69, 9.17) is 4.74 Å². The van der Waals surface area contributed by atoms with Gasteiger partial charge in [-0.05, 0) is 29.8 Å². The van der Waals surface area contributed by atoms with Crippen LogP contribution in [-0.2, 0) is 6.42 Å². The first-order chi connectivity index (χ1) is 9.51. The average molecular weight is 274 g/mol. The number of Topliss-reactive ketones (excluding diaryl/α,β-unsaturated/α-hetero) is 1. The van der Waals surface area contributed by atoms with Gasteiger partial charge >= 0.3 is 0 Å². The van der Waals surface area contributed by atoms with E-state index in [1.54, 1.807) is 12.1 Å². The molecule has 0 heterocycles. The molecule has 0 aliphatic heterocycles. The summed E-state index contributed by atoms with van der Waals surface area (Å²) in [6.07, 6.45) is 0.0712. The highest BCUT2D eigenvalue weighted by molar-refractivity contribution is 5.98. The van der Waals surface area contributed by atoms with Crippen molar-refractivity contribution in [2.75, 3.05) is 7.11 Å². The number of ketones is 1. The van der Waals surface area contributed by atoms with Crippen molar-refractivity contribution in [1.29, 1.82) is 0 Å². The van der Waals surface area contributed by atoms with Crippen LogP contribution < -0.4 is 4.74 Å². The smallest absolute Gasteiger partial charge is 0.200 e. The minimum atomic E-state index is -0.413. The standard InChI is InChI=1S/C15H14O5/c1-20-14-8-10(7-13(18)15(14)19)12(17)6-9-3-2-4-11(16)5-9/h2-5,7-8,16,18-19H,6H2,1H3. The number of aromatic hydroxyl groups is 3. The van der Waals surface area contributed by atoms with E-state index in [1.807, 2.05) is 0 Å². The van der Waals surface area contributed by atoms with Gasteiger partial charge in [-0.1, -0.05) is 12.1 Å². The van der Waals surface area contributed by atoms with Crippen molar-refractivity contribution in [3.63, 3.8) is 0 Å². The Hall–Kier alpha value is -2.69.